The molecular formula is C14H14N4. The molecule has 2 aliphatic rings. The van der Waals surface area contributed by atoms with Crippen LogP contribution >= 0.6 is 0 Å². The first-order chi connectivity index (χ1) is 8.92. The summed E-state index contributed by atoms with van der Waals surface area (Å²) >= 11 is 0. The van der Waals surface area contributed by atoms with Gasteiger partial charge in [0.2, 0.25) is 0 Å². The molecule has 1 saturated heterocycles. The Bertz CT molecular complexity index is 653. The number of nitrogens with one attached hydrogen (secondary N) is 1. The summed E-state index contributed by atoms with van der Waals surface area (Å²) in [6, 6.07) is 6.35. The van der Waals surface area contributed by atoms with Gasteiger partial charge in [-0.3, -0.25) is 5.01 Å². The van der Waals surface area contributed by atoms with Gasteiger partial charge < -0.3 is 0 Å². The Morgan fingerprint density at radius 3 is 3.28 bits per heavy atom. The molecule has 1 fully saturated rings. The molecule has 0 aliphatic carbocycles. The minimum Gasteiger partial charge on any atom is -0.288 e. The number of aromatic nitrogens is 2. The largest absolute Gasteiger partial charge is 0.288 e. The van der Waals surface area contributed by atoms with Crippen molar-refractivity contribution in [2.75, 3.05) is 6.54 Å². The standard InChI is InChI=1S/C14H14N4/c1-2-8-17-14(3-1)13(9-16-17)11-4-5-12-6-7-15-18(12)10-11/h2-8,10,13,16H,1,9H2. The van der Waals surface area contributed by atoms with Crippen molar-refractivity contribution in [3.05, 3.63) is 60.2 Å². The quantitative estimate of drug-likeness (QED) is 0.825. The van der Waals surface area contributed by atoms with Crippen molar-refractivity contribution in [1.29, 1.82) is 0 Å². The van der Waals surface area contributed by atoms with Gasteiger partial charge in [0.1, 0.15) is 0 Å². The summed E-state index contributed by atoms with van der Waals surface area (Å²) in [6.07, 6.45) is 11.6. The Morgan fingerprint density at radius 2 is 2.28 bits per heavy atom. The molecule has 90 valence electrons. The maximum absolute atomic E-state index is 4.30. The van der Waals surface area contributed by atoms with E-state index in [0.29, 0.717) is 5.92 Å². The van der Waals surface area contributed by atoms with Crippen molar-refractivity contribution in [2.24, 2.45) is 0 Å². The van der Waals surface area contributed by atoms with Gasteiger partial charge in [-0.05, 0) is 24.1 Å². The van der Waals surface area contributed by atoms with E-state index in [-0.39, 0.29) is 0 Å². The molecule has 2 aromatic rings. The zero-order valence-corrected chi connectivity index (χ0v) is 9.95. The van der Waals surface area contributed by atoms with Gasteiger partial charge >= 0.3 is 0 Å². The number of hydrogen-bond acceptors (Lipinski definition) is 3. The number of nitrogens with zero attached hydrogens (tertiary/aromatic N) is 3. The van der Waals surface area contributed by atoms with Crippen LogP contribution in [0.3, 0.4) is 0 Å². The van der Waals surface area contributed by atoms with E-state index in [1.165, 1.54) is 11.3 Å². The molecule has 2 aromatic heterocycles. The fourth-order valence-corrected chi connectivity index (χ4v) is 2.71. The highest BCUT2D eigenvalue weighted by Crippen LogP contribution is 2.32. The maximum atomic E-state index is 4.30. The molecule has 4 heterocycles. The van der Waals surface area contributed by atoms with Gasteiger partial charge in [-0.15, -0.1) is 0 Å². The van der Waals surface area contributed by atoms with Crippen molar-refractivity contribution >= 4 is 5.52 Å². The highest BCUT2D eigenvalue weighted by molar-refractivity contribution is 5.47. The highest BCUT2D eigenvalue weighted by Gasteiger charge is 2.28. The van der Waals surface area contributed by atoms with Gasteiger partial charge in [0.05, 0.1) is 5.52 Å². The van der Waals surface area contributed by atoms with Crippen LogP contribution in [0, 0.1) is 0 Å². The molecule has 0 radical (unpaired) electrons. The molecule has 0 saturated carbocycles. The minimum atomic E-state index is 0.420. The van der Waals surface area contributed by atoms with Crippen LogP contribution in [0.15, 0.2) is 54.6 Å². The molecule has 1 unspecified atom stereocenters. The predicted octanol–water partition coefficient (Wildman–Crippen LogP) is 2.04. The lowest BCUT2D eigenvalue weighted by molar-refractivity contribution is 0.402. The average molecular weight is 238 g/mol. The first-order valence-electron chi connectivity index (χ1n) is 6.24. The van der Waals surface area contributed by atoms with E-state index in [1.54, 1.807) is 0 Å². The lowest BCUT2D eigenvalue weighted by Gasteiger charge is -2.20. The highest BCUT2D eigenvalue weighted by atomic mass is 15.5. The summed E-state index contributed by atoms with van der Waals surface area (Å²) in [7, 11) is 0. The zero-order valence-electron chi connectivity index (χ0n) is 9.95. The molecule has 4 heteroatoms. The molecule has 4 rings (SSSR count). The van der Waals surface area contributed by atoms with Crippen LogP contribution in [0.4, 0.5) is 0 Å². The smallest absolute Gasteiger partial charge is 0.0661 e. The van der Waals surface area contributed by atoms with Crippen LogP contribution < -0.4 is 5.43 Å². The summed E-state index contributed by atoms with van der Waals surface area (Å²) in [5.41, 5.74) is 7.19. The van der Waals surface area contributed by atoms with Crippen molar-refractivity contribution in [1.82, 2.24) is 20.0 Å². The average Bonchev–Trinajstić information content (AvgIpc) is 3.04. The van der Waals surface area contributed by atoms with E-state index in [4.69, 9.17) is 0 Å². The zero-order chi connectivity index (χ0) is 11.9. The number of pyridine rings is 1. The first kappa shape index (κ1) is 9.91. The summed E-state index contributed by atoms with van der Waals surface area (Å²) in [5, 5.41) is 6.43. The van der Waals surface area contributed by atoms with E-state index >= 15 is 0 Å². The van der Waals surface area contributed by atoms with E-state index in [0.717, 1.165) is 18.5 Å². The molecule has 0 aromatic carbocycles. The Hall–Kier alpha value is -2.07. The summed E-state index contributed by atoms with van der Waals surface area (Å²) < 4.78 is 1.94. The number of fused-ring (bicyclic) bond motifs is 2. The van der Waals surface area contributed by atoms with Gasteiger partial charge in [0.15, 0.2) is 0 Å². The lowest BCUT2D eigenvalue weighted by atomic mass is 9.97. The van der Waals surface area contributed by atoms with Crippen LogP contribution in [-0.4, -0.2) is 21.2 Å². The third-order valence-corrected chi connectivity index (χ3v) is 3.64. The number of allylic oxidation sites excluding steroid dienone is 2. The van der Waals surface area contributed by atoms with E-state index < -0.39 is 0 Å². The van der Waals surface area contributed by atoms with Crippen molar-refractivity contribution in [2.45, 2.75) is 12.3 Å². The monoisotopic (exact) mass is 238 g/mol. The summed E-state index contributed by atoms with van der Waals surface area (Å²) in [6.45, 7) is 0.947. The molecule has 1 atom stereocenters. The van der Waals surface area contributed by atoms with E-state index in [9.17, 15) is 0 Å². The predicted molar refractivity (Wildman–Crippen MR) is 69.6 cm³/mol. The maximum Gasteiger partial charge on any atom is 0.0661 e. The van der Waals surface area contributed by atoms with Gasteiger partial charge in [0, 0.05) is 36.8 Å². The molecule has 18 heavy (non-hydrogen) atoms. The molecule has 0 amide bonds. The fraction of sp³-hybridized carbons (Fsp3) is 0.214. The second-order valence-corrected chi connectivity index (χ2v) is 4.70. The summed E-state index contributed by atoms with van der Waals surface area (Å²) in [4.78, 5) is 0. The molecule has 2 aliphatic heterocycles. The van der Waals surface area contributed by atoms with E-state index in [1.807, 2.05) is 16.8 Å². The van der Waals surface area contributed by atoms with Gasteiger partial charge in [-0.2, -0.15) is 5.10 Å². The van der Waals surface area contributed by atoms with Crippen LogP contribution in [-0.2, 0) is 0 Å². The minimum absolute atomic E-state index is 0.420. The van der Waals surface area contributed by atoms with Crippen LogP contribution in [0.5, 0.6) is 0 Å². The topological polar surface area (TPSA) is 32.6 Å². The van der Waals surface area contributed by atoms with E-state index in [2.05, 4.69) is 52.2 Å². The SMILES string of the molecule is C1=CN2NCC(c3ccc4ccnn4c3)C2=CC1. The van der Waals surface area contributed by atoms with Crippen molar-refractivity contribution in [3.8, 4) is 0 Å². The molecule has 0 spiro atoms. The lowest BCUT2D eigenvalue weighted by Crippen LogP contribution is -2.24. The van der Waals surface area contributed by atoms with Crippen LogP contribution in [0.1, 0.15) is 17.9 Å². The number of hydrazine groups is 1. The Morgan fingerprint density at radius 1 is 1.28 bits per heavy atom. The third-order valence-electron chi connectivity index (χ3n) is 3.64. The van der Waals surface area contributed by atoms with Gasteiger partial charge in [0.25, 0.3) is 0 Å². The molecular weight excluding hydrogens is 224 g/mol. The third kappa shape index (κ3) is 1.39. The number of rotatable bonds is 1. The molecule has 0 bridgehead atoms. The first-order valence-corrected chi connectivity index (χ1v) is 6.24. The normalized spacial score (nSPS) is 22.3. The van der Waals surface area contributed by atoms with Crippen LogP contribution in [0.25, 0.3) is 5.52 Å². The number of hydrogen-bond donors (Lipinski definition) is 1. The summed E-state index contributed by atoms with van der Waals surface area (Å²) in [5.74, 6) is 0.420. The van der Waals surface area contributed by atoms with Gasteiger partial charge in [-0.25, -0.2) is 9.94 Å². The Labute approximate surface area is 105 Å². The Kier molecular flexibility index (Phi) is 2.04. The van der Waals surface area contributed by atoms with Crippen LogP contribution in [0.2, 0.25) is 0 Å². The second-order valence-electron chi connectivity index (χ2n) is 4.70. The second kappa shape index (κ2) is 3.71. The fourth-order valence-electron chi connectivity index (χ4n) is 2.71. The van der Waals surface area contributed by atoms with Crippen molar-refractivity contribution < 1.29 is 0 Å². The van der Waals surface area contributed by atoms with Gasteiger partial charge in [-0.1, -0.05) is 18.2 Å². The molecule has 1 N–H and O–H groups in total. The van der Waals surface area contributed by atoms with Crippen molar-refractivity contribution in [3.63, 3.8) is 0 Å². The Balaban J connectivity index is 1.76. The molecule has 4 nitrogen and oxygen atoms in total.